The van der Waals surface area contributed by atoms with Crippen molar-refractivity contribution in [1.82, 2.24) is 15.1 Å². The van der Waals surface area contributed by atoms with Gasteiger partial charge in [-0.05, 0) is 19.4 Å². The first-order valence-corrected chi connectivity index (χ1v) is 6.52. The van der Waals surface area contributed by atoms with Gasteiger partial charge in [0.05, 0.1) is 11.3 Å². The summed E-state index contributed by atoms with van der Waals surface area (Å²) in [6, 6.07) is 2.01. The number of aromatic nitrogens is 2. The average molecular weight is 255 g/mol. The standard InChI is InChI=1S/C13H25N3O2/c1-4-8-16-12(5-7-15-16)10-14-11-13(2,17)6-9-18-3/h5,7,14,17H,4,6,8-11H2,1-3H3. The molecule has 0 saturated carbocycles. The Morgan fingerprint density at radius 3 is 3.00 bits per heavy atom. The monoisotopic (exact) mass is 255 g/mol. The van der Waals surface area contributed by atoms with Gasteiger partial charge in [-0.15, -0.1) is 0 Å². The molecule has 0 radical (unpaired) electrons. The van der Waals surface area contributed by atoms with E-state index in [1.165, 1.54) is 0 Å². The first kappa shape index (κ1) is 15.1. The minimum Gasteiger partial charge on any atom is -0.389 e. The molecule has 0 aliphatic carbocycles. The van der Waals surface area contributed by atoms with E-state index in [1.807, 2.05) is 23.9 Å². The quantitative estimate of drug-likeness (QED) is 0.695. The lowest BCUT2D eigenvalue weighted by Crippen LogP contribution is -2.38. The van der Waals surface area contributed by atoms with Crippen LogP contribution < -0.4 is 5.32 Å². The van der Waals surface area contributed by atoms with Crippen LogP contribution in [0.25, 0.3) is 0 Å². The van der Waals surface area contributed by atoms with Crippen LogP contribution in [0.15, 0.2) is 12.3 Å². The van der Waals surface area contributed by atoms with E-state index in [0.29, 0.717) is 19.6 Å². The zero-order valence-corrected chi connectivity index (χ0v) is 11.6. The summed E-state index contributed by atoms with van der Waals surface area (Å²) in [5.74, 6) is 0. The van der Waals surface area contributed by atoms with Crippen molar-refractivity contribution in [2.75, 3.05) is 20.3 Å². The van der Waals surface area contributed by atoms with Crippen LogP contribution in [0.4, 0.5) is 0 Å². The molecule has 1 heterocycles. The maximum absolute atomic E-state index is 10.1. The summed E-state index contributed by atoms with van der Waals surface area (Å²) in [6.07, 6.45) is 3.51. The highest BCUT2D eigenvalue weighted by Crippen LogP contribution is 2.08. The van der Waals surface area contributed by atoms with Gasteiger partial charge in [0.1, 0.15) is 0 Å². The van der Waals surface area contributed by atoms with Crippen LogP contribution in [0.2, 0.25) is 0 Å². The van der Waals surface area contributed by atoms with Gasteiger partial charge in [-0.3, -0.25) is 4.68 Å². The molecule has 0 bridgehead atoms. The minimum absolute atomic E-state index is 0.549. The van der Waals surface area contributed by atoms with Gasteiger partial charge in [-0.1, -0.05) is 6.92 Å². The van der Waals surface area contributed by atoms with Crippen LogP contribution in [0.3, 0.4) is 0 Å². The van der Waals surface area contributed by atoms with Gasteiger partial charge < -0.3 is 15.2 Å². The average Bonchev–Trinajstić information content (AvgIpc) is 2.75. The van der Waals surface area contributed by atoms with Gasteiger partial charge in [-0.25, -0.2) is 0 Å². The Hall–Kier alpha value is -0.910. The van der Waals surface area contributed by atoms with E-state index in [1.54, 1.807) is 7.11 Å². The molecule has 0 amide bonds. The number of aryl methyl sites for hydroxylation is 1. The highest BCUT2D eigenvalue weighted by molar-refractivity contribution is 5.00. The van der Waals surface area contributed by atoms with Crippen molar-refractivity contribution in [2.24, 2.45) is 0 Å². The summed E-state index contributed by atoms with van der Waals surface area (Å²) in [7, 11) is 1.65. The maximum Gasteiger partial charge on any atom is 0.0765 e. The van der Waals surface area contributed by atoms with Crippen LogP contribution in [0.5, 0.6) is 0 Å². The fraction of sp³-hybridized carbons (Fsp3) is 0.769. The van der Waals surface area contributed by atoms with Crippen molar-refractivity contribution in [2.45, 2.75) is 45.4 Å². The molecular weight excluding hydrogens is 230 g/mol. The molecule has 1 aromatic heterocycles. The molecule has 0 spiro atoms. The number of ether oxygens (including phenoxy) is 1. The number of rotatable bonds is 9. The Morgan fingerprint density at radius 1 is 1.56 bits per heavy atom. The number of hydrogen-bond donors (Lipinski definition) is 2. The van der Waals surface area contributed by atoms with Crippen molar-refractivity contribution in [3.63, 3.8) is 0 Å². The largest absolute Gasteiger partial charge is 0.389 e. The molecule has 0 aromatic carbocycles. The zero-order chi connectivity index (χ0) is 13.4. The lowest BCUT2D eigenvalue weighted by molar-refractivity contribution is 0.0246. The number of nitrogens with one attached hydrogen (secondary N) is 1. The lowest BCUT2D eigenvalue weighted by Gasteiger charge is -2.23. The predicted octanol–water partition coefficient (Wildman–Crippen LogP) is 1.17. The molecule has 5 nitrogen and oxygen atoms in total. The molecule has 1 aromatic rings. The molecule has 1 unspecified atom stereocenters. The SMILES string of the molecule is CCCn1nccc1CNCC(C)(O)CCOC. The highest BCUT2D eigenvalue weighted by atomic mass is 16.5. The lowest BCUT2D eigenvalue weighted by atomic mass is 10.0. The Bertz CT molecular complexity index is 337. The second kappa shape index (κ2) is 7.51. The van der Waals surface area contributed by atoms with Crippen molar-refractivity contribution < 1.29 is 9.84 Å². The van der Waals surface area contributed by atoms with Gasteiger partial charge >= 0.3 is 0 Å². The molecule has 1 rings (SSSR count). The number of hydrogen-bond acceptors (Lipinski definition) is 4. The van der Waals surface area contributed by atoms with Crippen LogP contribution >= 0.6 is 0 Å². The summed E-state index contributed by atoms with van der Waals surface area (Å²) in [5.41, 5.74) is 0.422. The fourth-order valence-electron chi connectivity index (χ4n) is 1.79. The van der Waals surface area contributed by atoms with E-state index in [4.69, 9.17) is 4.74 Å². The second-order valence-corrected chi connectivity index (χ2v) is 4.89. The first-order chi connectivity index (χ1) is 8.59. The van der Waals surface area contributed by atoms with Crippen LogP contribution in [-0.4, -0.2) is 40.7 Å². The second-order valence-electron chi connectivity index (χ2n) is 4.89. The Balaban J connectivity index is 2.34. The maximum atomic E-state index is 10.1. The highest BCUT2D eigenvalue weighted by Gasteiger charge is 2.19. The topological polar surface area (TPSA) is 59.3 Å². The molecule has 0 fully saturated rings. The van der Waals surface area contributed by atoms with Gasteiger partial charge in [0, 0.05) is 46.0 Å². The molecule has 104 valence electrons. The van der Waals surface area contributed by atoms with Crippen molar-refractivity contribution in [3.05, 3.63) is 18.0 Å². The molecule has 1 atom stereocenters. The molecule has 0 aliphatic rings. The third kappa shape index (κ3) is 5.16. The molecular formula is C13H25N3O2. The van der Waals surface area contributed by atoms with Crippen molar-refractivity contribution in [3.8, 4) is 0 Å². The summed E-state index contributed by atoms with van der Waals surface area (Å²) in [5, 5.41) is 17.6. The summed E-state index contributed by atoms with van der Waals surface area (Å²) in [4.78, 5) is 0. The smallest absolute Gasteiger partial charge is 0.0765 e. The number of nitrogens with zero attached hydrogens (tertiary/aromatic N) is 2. The van der Waals surface area contributed by atoms with Gasteiger partial charge in [0.25, 0.3) is 0 Å². The Labute approximate surface area is 109 Å². The number of methoxy groups -OCH3 is 1. The minimum atomic E-state index is -0.731. The molecule has 5 heteroatoms. The summed E-state index contributed by atoms with van der Waals surface area (Å²) >= 11 is 0. The predicted molar refractivity (Wildman–Crippen MR) is 71.3 cm³/mol. The summed E-state index contributed by atoms with van der Waals surface area (Å²) in [6.45, 7) is 6.74. The van der Waals surface area contributed by atoms with Crippen LogP contribution in [-0.2, 0) is 17.8 Å². The third-order valence-corrected chi connectivity index (χ3v) is 2.90. The van der Waals surface area contributed by atoms with Crippen LogP contribution in [0.1, 0.15) is 32.4 Å². The zero-order valence-electron chi connectivity index (χ0n) is 11.6. The third-order valence-electron chi connectivity index (χ3n) is 2.90. The number of aliphatic hydroxyl groups is 1. The van der Waals surface area contributed by atoms with Crippen molar-refractivity contribution >= 4 is 0 Å². The molecule has 18 heavy (non-hydrogen) atoms. The molecule has 0 saturated heterocycles. The summed E-state index contributed by atoms with van der Waals surface area (Å²) < 4.78 is 6.98. The van der Waals surface area contributed by atoms with E-state index in [2.05, 4.69) is 17.3 Å². The van der Waals surface area contributed by atoms with E-state index >= 15 is 0 Å². The Kier molecular flexibility index (Phi) is 6.32. The van der Waals surface area contributed by atoms with Gasteiger partial charge in [0.2, 0.25) is 0 Å². The van der Waals surface area contributed by atoms with Gasteiger partial charge in [0.15, 0.2) is 0 Å². The van der Waals surface area contributed by atoms with Crippen LogP contribution in [0, 0.1) is 0 Å². The van der Waals surface area contributed by atoms with E-state index in [9.17, 15) is 5.11 Å². The van der Waals surface area contributed by atoms with E-state index in [-0.39, 0.29) is 0 Å². The first-order valence-electron chi connectivity index (χ1n) is 6.52. The Morgan fingerprint density at radius 2 is 2.33 bits per heavy atom. The van der Waals surface area contributed by atoms with E-state index < -0.39 is 5.60 Å². The normalized spacial score (nSPS) is 14.7. The van der Waals surface area contributed by atoms with Gasteiger partial charge in [-0.2, -0.15) is 5.10 Å². The molecule has 2 N–H and O–H groups in total. The molecule has 0 aliphatic heterocycles. The van der Waals surface area contributed by atoms with E-state index in [0.717, 1.165) is 25.2 Å². The van der Waals surface area contributed by atoms with Crippen molar-refractivity contribution in [1.29, 1.82) is 0 Å². The fourth-order valence-corrected chi connectivity index (χ4v) is 1.79.